The van der Waals surface area contributed by atoms with Crippen LogP contribution in [0, 0.1) is 0 Å². The maximum absolute atomic E-state index is 12.1. The van der Waals surface area contributed by atoms with Crippen LogP contribution in [0.3, 0.4) is 0 Å². The molecule has 0 aliphatic heterocycles. The Morgan fingerprint density at radius 1 is 1.40 bits per heavy atom. The number of aromatic nitrogens is 1. The highest BCUT2D eigenvalue weighted by Gasteiger charge is 2.17. The quantitative estimate of drug-likeness (QED) is 0.804. The molecule has 0 bridgehead atoms. The summed E-state index contributed by atoms with van der Waals surface area (Å²) in [5.74, 6) is -0.971. The molecule has 1 aromatic carbocycles. The van der Waals surface area contributed by atoms with E-state index in [-0.39, 0.29) is 5.91 Å². The highest BCUT2D eigenvalue weighted by molar-refractivity contribution is 5.99. The van der Waals surface area contributed by atoms with Crippen molar-refractivity contribution in [1.82, 2.24) is 10.3 Å². The molecule has 1 atom stereocenters. The summed E-state index contributed by atoms with van der Waals surface area (Å²) < 4.78 is 0. The minimum atomic E-state index is -0.758. The van der Waals surface area contributed by atoms with Gasteiger partial charge in [0.15, 0.2) is 0 Å². The van der Waals surface area contributed by atoms with Crippen molar-refractivity contribution in [2.45, 2.75) is 12.5 Å². The zero-order chi connectivity index (χ0) is 14.5. The van der Waals surface area contributed by atoms with Gasteiger partial charge in [-0.2, -0.15) is 0 Å². The van der Waals surface area contributed by atoms with Gasteiger partial charge in [0.2, 0.25) is 5.91 Å². The third kappa shape index (κ3) is 3.00. The molecule has 2 rings (SSSR count). The summed E-state index contributed by atoms with van der Waals surface area (Å²) in [5, 5.41) is 3.43. The van der Waals surface area contributed by atoms with Crippen molar-refractivity contribution < 1.29 is 9.59 Å². The Bertz CT molecular complexity index is 667. The van der Waals surface area contributed by atoms with Gasteiger partial charge in [-0.25, -0.2) is 0 Å². The first-order chi connectivity index (χ1) is 9.61. The molecule has 2 aromatic rings. The maximum Gasteiger partial charge on any atom is 0.253 e. The van der Waals surface area contributed by atoms with Gasteiger partial charge in [0.25, 0.3) is 5.91 Å². The van der Waals surface area contributed by atoms with Gasteiger partial charge in [-0.3, -0.25) is 14.6 Å². The number of pyridine rings is 1. The van der Waals surface area contributed by atoms with E-state index in [2.05, 4.69) is 16.9 Å². The smallest absolute Gasteiger partial charge is 0.253 e. The summed E-state index contributed by atoms with van der Waals surface area (Å²) >= 11 is 0. The molecule has 0 unspecified atom stereocenters. The van der Waals surface area contributed by atoms with E-state index in [4.69, 9.17) is 5.73 Å². The van der Waals surface area contributed by atoms with Crippen LogP contribution in [0.5, 0.6) is 0 Å². The van der Waals surface area contributed by atoms with Crippen LogP contribution in [0.15, 0.2) is 49.2 Å². The lowest BCUT2D eigenvalue weighted by molar-refractivity contribution is -0.119. The van der Waals surface area contributed by atoms with E-state index in [1.807, 2.05) is 24.3 Å². The van der Waals surface area contributed by atoms with Crippen molar-refractivity contribution in [2.24, 2.45) is 5.73 Å². The average Bonchev–Trinajstić information content (AvgIpc) is 2.46. The first-order valence-electron chi connectivity index (χ1n) is 6.17. The fourth-order valence-corrected chi connectivity index (χ4v) is 1.85. The van der Waals surface area contributed by atoms with Crippen LogP contribution in [0.25, 0.3) is 10.9 Å². The van der Waals surface area contributed by atoms with Gasteiger partial charge < -0.3 is 11.1 Å². The zero-order valence-electron chi connectivity index (χ0n) is 10.9. The first-order valence-corrected chi connectivity index (χ1v) is 6.17. The van der Waals surface area contributed by atoms with E-state index >= 15 is 0 Å². The van der Waals surface area contributed by atoms with E-state index in [0.29, 0.717) is 12.0 Å². The first kappa shape index (κ1) is 13.7. The number of nitrogens with two attached hydrogens (primary N) is 1. The highest BCUT2D eigenvalue weighted by atomic mass is 16.2. The largest absolute Gasteiger partial charge is 0.368 e. The van der Waals surface area contributed by atoms with Crippen LogP contribution in [-0.2, 0) is 4.79 Å². The number of hydrogen-bond acceptors (Lipinski definition) is 3. The summed E-state index contributed by atoms with van der Waals surface area (Å²) in [6, 6.07) is 8.45. The maximum atomic E-state index is 12.1. The number of benzene rings is 1. The van der Waals surface area contributed by atoms with Crippen molar-refractivity contribution in [3.63, 3.8) is 0 Å². The number of hydrogen-bond donors (Lipinski definition) is 2. The molecular formula is C15H15N3O2. The Balaban J connectivity index is 2.22. The minimum absolute atomic E-state index is 0.294. The Morgan fingerprint density at radius 3 is 2.85 bits per heavy atom. The predicted octanol–water partition coefficient (Wildman–Crippen LogP) is 1.39. The molecule has 0 radical (unpaired) electrons. The van der Waals surface area contributed by atoms with E-state index in [1.54, 1.807) is 6.07 Å². The number of primary amides is 1. The molecule has 1 aromatic heterocycles. The fourth-order valence-electron chi connectivity index (χ4n) is 1.85. The van der Waals surface area contributed by atoms with Crippen LogP contribution >= 0.6 is 0 Å². The average molecular weight is 269 g/mol. The number of amides is 2. The zero-order valence-corrected chi connectivity index (χ0v) is 10.9. The van der Waals surface area contributed by atoms with Crippen LogP contribution in [0.1, 0.15) is 16.8 Å². The van der Waals surface area contributed by atoms with E-state index in [1.165, 1.54) is 12.3 Å². The van der Waals surface area contributed by atoms with Gasteiger partial charge in [0.1, 0.15) is 6.04 Å². The molecule has 0 aliphatic rings. The molecule has 0 fully saturated rings. The third-order valence-corrected chi connectivity index (χ3v) is 2.90. The summed E-state index contributed by atoms with van der Waals surface area (Å²) in [6.45, 7) is 3.53. The highest BCUT2D eigenvalue weighted by Crippen LogP contribution is 2.12. The van der Waals surface area contributed by atoms with Crippen LogP contribution in [0.4, 0.5) is 0 Å². The van der Waals surface area contributed by atoms with E-state index in [0.717, 1.165) is 10.9 Å². The fraction of sp³-hybridized carbons (Fsp3) is 0.133. The number of carbonyl (C=O) groups excluding carboxylic acids is 2. The lowest BCUT2D eigenvalue weighted by Gasteiger charge is -2.13. The van der Waals surface area contributed by atoms with E-state index in [9.17, 15) is 9.59 Å². The Kier molecular flexibility index (Phi) is 4.10. The van der Waals surface area contributed by atoms with E-state index < -0.39 is 11.9 Å². The molecule has 5 nitrogen and oxygen atoms in total. The standard InChI is InChI=1S/C15H15N3O2/c1-2-5-13(14(16)19)18-15(20)11-8-10-6-3-4-7-12(10)17-9-11/h2-4,6-9,13H,1,5H2,(H2,16,19)(H,18,20)/t13-/m1/s1. The molecule has 0 spiro atoms. The number of carbonyl (C=O) groups is 2. The van der Waals surface area contributed by atoms with Gasteiger partial charge in [0, 0.05) is 11.6 Å². The van der Waals surface area contributed by atoms with Crippen LogP contribution in [-0.4, -0.2) is 22.8 Å². The van der Waals surface area contributed by atoms with Gasteiger partial charge in [-0.05, 0) is 18.6 Å². The second kappa shape index (κ2) is 5.97. The number of para-hydroxylation sites is 1. The number of fused-ring (bicyclic) bond motifs is 1. The number of nitrogens with zero attached hydrogens (tertiary/aromatic N) is 1. The lowest BCUT2D eigenvalue weighted by Crippen LogP contribution is -2.44. The molecule has 5 heteroatoms. The van der Waals surface area contributed by atoms with Crippen molar-refractivity contribution in [1.29, 1.82) is 0 Å². The molecule has 2 amide bonds. The van der Waals surface area contributed by atoms with Gasteiger partial charge >= 0.3 is 0 Å². The molecule has 102 valence electrons. The number of rotatable bonds is 5. The van der Waals surface area contributed by atoms with Gasteiger partial charge in [0.05, 0.1) is 11.1 Å². The Morgan fingerprint density at radius 2 is 2.15 bits per heavy atom. The summed E-state index contributed by atoms with van der Waals surface area (Å²) in [5.41, 5.74) is 6.42. The van der Waals surface area contributed by atoms with Crippen molar-refractivity contribution in [3.8, 4) is 0 Å². The Labute approximate surface area is 116 Å². The van der Waals surface area contributed by atoms with Crippen molar-refractivity contribution >= 4 is 22.7 Å². The van der Waals surface area contributed by atoms with Crippen molar-refractivity contribution in [2.75, 3.05) is 0 Å². The number of nitrogens with one attached hydrogen (secondary N) is 1. The SMILES string of the molecule is C=CC[C@@H](NC(=O)c1cnc2ccccc2c1)C(N)=O. The normalized spacial score (nSPS) is 11.8. The third-order valence-electron chi connectivity index (χ3n) is 2.90. The Hall–Kier alpha value is -2.69. The molecular weight excluding hydrogens is 254 g/mol. The van der Waals surface area contributed by atoms with Gasteiger partial charge in [-0.1, -0.05) is 24.3 Å². The van der Waals surface area contributed by atoms with Crippen LogP contribution in [0.2, 0.25) is 0 Å². The van der Waals surface area contributed by atoms with Crippen molar-refractivity contribution in [3.05, 3.63) is 54.7 Å². The second-order valence-electron chi connectivity index (χ2n) is 4.37. The molecule has 3 N–H and O–H groups in total. The monoisotopic (exact) mass is 269 g/mol. The molecule has 1 heterocycles. The second-order valence-corrected chi connectivity index (χ2v) is 4.37. The predicted molar refractivity (Wildman–Crippen MR) is 77.0 cm³/mol. The lowest BCUT2D eigenvalue weighted by atomic mass is 10.1. The molecule has 0 aliphatic carbocycles. The summed E-state index contributed by atoms with van der Waals surface area (Å²) in [7, 11) is 0. The molecule has 0 saturated carbocycles. The minimum Gasteiger partial charge on any atom is -0.368 e. The summed E-state index contributed by atoms with van der Waals surface area (Å²) in [6.07, 6.45) is 3.31. The van der Waals surface area contributed by atoms with Gasteiger partial charge in [-0.15, -0.1) is 6.58 Å². The van der Waals surface area contributed by atoms with Crippen LogP contribution < -0.4 is 11.1 Å². The molecule has 20 heavy (non-hydrogen) atoms. The topological polar surface area (TPSA) is 85.1 Å². The summed E-state index contributed by atoms with van der Waals surface area (Å²) in [4.78, 5) is 27.5. The molecule has 0 saturated heterocycles.